The molecule has 1 amide bonds. The minimum atomic E-state index is 0.103. The molecule has 23 heavy (non-hydrogen) atoms. The van der Waals surface area contributed by atoms with Gasteiger partial charge in [0.15, 0.2) is 0 Å². The van der Waals surface area contributed by atoms with Gasteiger partial charge in [-0.2, -0.15) is 4.98 Å². The number of carbonyl (C=O) groups is 1. The van der Waals surface area contributed by atoms with Crippen LogP contribution in [0.2, 0.25) is 0 Å². The molecule has 1 aromatic carbocycles. The number of benzene rings is 1. The second-order valence-corrected chi connectivity index (χ2v) is 6.36. The number of aromatic nitrogens is 2. The maximum Gasteiger partial charge on any atom is 0.227 e. The molecule has 0 saturated heterocycles. The molecular weight excluding hydrogens is 310 g/mol. The fraction of sp³-hybridized carbons (Fsp3) is 0.235. The molecule has 0 unspecified atom stereocenters. The molecule has 0 bridgehead atoms. The molecule has 0 aliphatic carbocycles. The van der Waals surface area contributed by atoms with E-state index in [9.17, 15) is 4.79 Å². The molecule has 0 radical (unpaired) electrons. The number of amides is 1. The van der Waals surface area contributed by atoms with Crippen molar-refractivity contribution in [2.24, 2.45) is 0 Å². The summed E-state index contributed by atoms with van der Waals surface area (Å²) in [6, 6.07) is 12.0. The summed E-state index contributed by atoms with van der Waals surface area (Å²) in [5.74, 6) is 1.20. The summed E-state index contributed by atoms with van der Waals surface area (Å²) < 4.78 is 5.25. The number of hydrogen-bond acceptors (Lipinski definition) is 5. The van der Waals surface area contributed by atoms with E-state index in [1.54, 1.807) is 11.3 Å². The van der Waals surface area contributed by atoms with Crippen LogP contribution in [-0.2, 0) is 17.6 Å². The number of nitrogens with zero attached hydrogens (tertiary/aromatic N) is 3. The minimum absolute atomic E-state index is 0.103. The molecule has 6 heteroatoms. The fourth-order valence-corrected chi connectivity index (χ4v) is 3.46. The van der Waals surface area contributed by atoms with E-state index in [1.165, 1.54) is 5.56 Å². The Morgan fingerprint density at radius 2 is 2.17 bits per heavy atom. The third-order valence-electron chi connectivity index (χ3n) is 3.95. The predicted octanol–water partition coefficient (Wildman–Crippen LogP) is 3.32. The SMILES string of the molecule is O=C(CCc1nc(-c2cccs2)no1)N1CCc2ccccc21. The van der Waals surface area contributed by atoms with Crippen molar-refractivity contribution in [3.8, 4) is 10.7 Å². The normalized spacial score (nSPS) is 13.3. The van der Waals surface area contributed by atoms with Crippen LogP contribution in [0, 0.1) is 0 Å². The van der Waals surface area contributed by atoms with E-state index in [4.69, 9.17) is 4.52 Å². The van der Waals surface area contributed by atoms with Gasteiger partial charge in [-0.1, -0.05) is 29.4 Å². The molecule has 3 heterocycles. The van der Waals surface area contributed by atoms with Crippen molar-refractivity contribution in [3.05, 3.63) is 53.2 Å². The number of rotatable bonds is 4. The van der Waals surface area contributed by atoms with Crippen LogP contribution in [0.25, 0.3) is 10.7 Å². The standard InChI is InChI=1S/C17H15N3O2S/c21-16(20-10-9-12-4-1-2-5-13(12)20)8-7-15-18-17(19-22-15)14-6-3-11-23-14/h1-6,11H,7-10H2. The van der Waals surface area contributed by atoms with Gasteiger partial charge in [-0.3, -0.25) is 4.79 Å². The number of fused-ring (bicyclic) bond motifs is 1. The smallest absolute Gasteiger partial charge is 0.227 e. The molecule has 3 aromatic rings. The average molecular weight is 325 g/mol. The summed E-state index contributed by atoms with van der Waals surface area (Å²) in [6.07, 6.45) is 1.77. The Balaban J connectivity index is 1.41. The van der Waals surface area contributed by atoms with Crippen LogP contribution in [0.4, 0.5) is 5.69 Å². The minimum Gasteiger partial charge on any atom is -0.339 e. The predicted molar refractivity (Wildman–Crippen MR) is 88.4 cm³/mol. The van der Waals surface area contributed by atoms with Gasteiger partial charge in [-0.25, -0.2) is 0 Å². The van der Waals surface area contributed by atoms with Gasteiger partial charge < -0.3 is 9.42 Å². The highest BCUT2D eigenvalue weighted by atomic mass is 32.1. The molecule has 0 atom stereocenters. The average Bonchev–Trinajstić information content (AvgIpc) is 3.31. The highest BCUT2D eigenvalue weighted by molar-refractivity contribution is 7.13. The Labute approximate surface area is 137 Å². The summed E-state index contributed by atoms with van der Waals surface area (Å²) >= 11 is 1.57. The zero-order valence-corrected chi connectivity index (χ0v) is 13.3. The number of thiophene rings is 1. The molecule has 0 saturated carbocycles. The van der Waals surface area contributed by atoms with Crippen LogP contribution in [0.5, 0.6) is 0 Å². The Bertz CT molecular complexity index is 826. The van der Waals surface area contributed by atoms with Gasteiger partial charge in [0.2, 0.25) is 17.6 Å². The Hall–Kier alpha value is -2.47. The molecule has 1 aliphatic heterocycles. The first-order valence-electron chi connectivity index (χ1n) is 7.56. The molecule has 1 aliphatic rings. The number of hydrogen-bond donors (Lipinski definition) is 0. The summed E-state index contributed by atoms with van der Waals surface area (Å²) in [7, 11) is 0. The monoisotopic (exact) mass is 325 g/mol. The lowest BCUT2D eigenvalue weighted by atomic mass is 10.2. The first-order chi connectivity index (χ1) is 11.3. The Morgan fingerprint density at radius 1 is 1.26 bits per heavy atom. The molecule has 116 valence electrons. The molecule has 4 rings (SSSR count). The van der Waals surface area contributed by atoms with Crippen molar-refractivity contribution in [2.45, 2.75) is 19.3 Å². The molecule has 0 N–H and O–H groups in total. The summed E-state index contributed by atoms with van der Waals surface area (Å²) in [5, 5.41) is 5.94. The second-order valence-electron chi connectivity index (χ2n) is 5.41. The maximum absolute atomic E-state index is 12.5. The lowest BCUT2D eigenvalue weighted by Gasteiger charge is -2.16. The summed E-state index contributed by atoms with van der Waals surface area (Å²) in [5.41, 5.74) is 2.26. The van der Waals surface area contributed by atoms with Gasteiger partial charge in [-0.15, -0.1) is 11.3 Å². The van der Waals surface area contributed by atoms with Gasteiger partial charge in [0.1, 0.15) is 0 Å². The van der Waals surface area contributed by atoms with Gasteiger partial charge in [0.25, 0.3) is 0 Å². The quantitative estimate of drug-likeness (QED) is 0.738. The van der Waals surface area contributed by atoms with Crippen LogP contribution in [0.15, 0.2) is 46.3 Å². The lowest BCUT2D eigenvalue weighted by Crippen LogP contribution is -2.29. The number of para-hydroxylation sites is 1. The number of anilines is 1. The molecule has 5 nitrogen and oxygen atoms in total. The molecule has 0 spiro atoms. The fourth-order valence-electron chi connectivity index (χ4n) is 2.81. The molecule has 0 fully saturated rings. The van der Waals surface area contributed by atoms with E-state index in [-0.39, 0.29) is 5.91 Å². The Kier molecular flexibility index (Phi) is 3.67. The van der Waals surface area contributed by atoms with Gasteiger partial charge in [-0.05, 0) is 29.5 Å². The van der Waals surface area contributed by atoms with E-state index in [0.717, 1.165) is 23.5 Å². The summed E-state index contributed by atoms with van der Waals surface area (Å²) in [6.45, 7) is 0.752. The first kappa shape index (κ1) is 14.1. The first-order valence-corrected chi connectivity index (χ1v) is 8.44. The lowest BCUT2D eigenvalue weighted by molar-refractivity contribution is -0.118. The maximum atomic E-state index is 12.5. The molecule has 2 aromatic heterocycles. The van der Waals surface area contributed by atoms with E-state index in [2.05, 4.69) is 16.2 Å². The number of carbonyl (C=O) groups excluding carboxylic acids is 1. The van der Waals surface area contributed by atoms with Crippen LogP contribution >= 0.6 is 11.3 Å². The van der Waals surface area contributed by atoms with E-state index in [1.807, 2.05) is 40.6 Å². The third kappa shape index (κ3) is 2.77. The van der Waals surface area contributed by atoms with Gasteiger partial charge in [0, 0.05) is 25.1 Å². The zero-order valence-electron chi connectivity index (χ0n) is 12.4. The van der Waals surface area contributed by atoms with E-state index in [0.29, 0.717) is 24.6 Å². The topological polar surface area (TPSA) is 59.2 Å². The zero-order chi connectivity index (χ0) is 15.6. The second kappa shape index (κ2) is 5.96. The van der Waals surface area contributed by atoms with E-state index < -0.39 is 0 Å². The van der Waals surface area contributed by atoms with Crippen molar-refractivity contribution in [1.82, 2.24) is 10.1 Å². The van der Waals surface area contributed by atoms with Crippen LogP contribution in [0.3, 0.4) is 0 Å². The highest BCUT2D eigenvalue weighted by Gasteiger charge is 2.24. The van der Waals surface area contributed by atoms with Crippen molar-refractivity contribution in [1.29, 1.82) is 0 Å². The van der Waals surface area contributed by atoms with Crippen molar-refractivity contribution in [3.63, 3.8) is 0 Å². The summed E-state index contributed by atoms with van der Waals surface area (Å²) in [4.78, 5) is 19.6. The van der Waals surface area contributed by atoms with Gasteiger partial charge >= 0.3 is 0 Å². The van der Waals surface area contributed by atoms with Crippen LogP contribution in [-0.4, -0.2) is 22.6 Å². The van der Waals surface area contributed by atoms with Crippen molar-refractivity contribution in [2.75, 3.05) is 11.4 Å². The van der Waals surface area contributed by atoms with Crippen molar-refractivity contribution < 1.29 is 9.32 Å². The van der Waals surface area contributed by atoms with Crippen molar-refractivity contribution >= 4 is 22.9 Å². The largest absolute Gasteiger partial charge is 0.339 e. The van der Waals surface area contributed by atoms with Gasteiger partial charge in [0.05, 0.1) is 4.88 Å². The highest BCUT2D eigenvalue weighted by Crippen LogP contribution is 2.28. The van der Waals surface area contributed by atoms with E-state index >= 15 is 0 Å². The Morgan fingerprint density at radius 3 is 3.04 bits per heavy atom. The van der Waals surface area contributed by atoms with Crippen LogP contribution < -0.4 is 4.90 Å². The third-order valence-corrected chi connectivity index (χ3v) is 4.82. The van der Waals surface area contributed by atoms with Crippen LogP contribution in [0.1, 0.15) is 17.9 Å². The number of aryl methyl sites for hydroxylation is 1. The molecular formula is C17H15N3O2S.